The molecule has 3 nitrogen and oxygen atoms in total. The van der Waals surface area contributed by atoms with Crippen molar-refractivity contribution < 1.29 is 5.11 Å². The molecule has 0 spiro atoms. The summed E-state index contributed by atoms with van der Waals surface area (Å²) in [6.07, 6.45) is 0. The van der Waals surface area contributed by atoms with Crippen molar-refractivity contribution >= 4 is 0 Å². The Morgan fingerprint density at radius 3 is 1.50 bits per heavy atom. The summed E-state index contributed by atoms with van der Waals surface area (Å²) >= 11 is 0. The molecule has 0 aromatic carbocycles. The first-order valence-corrected chi connectivity index (χ1v) is 3.49. The van der Waals surface area contributed by atoms with E-state index in [0.29, 0.717) is 0 Å². The molecule has 62 valence electrons. The van der Waals surface area contributed by atoms with Gasteiger partial charge in [0.2, 0.25) is 0 Å². The van der Waals surface area contributed by atoms with Gasteiger partial charge in [0.15, 0.2) is 5.85 Å². The summed E-state index contributed by atoms with van der Waals surface area (Å²) < 4.78 is 0. The first-order chi connectivity index (χ1) is 4.19. The summed E-state index contributed by atoms with van der Waals surface area (Å²) in [5.41, 5.74) is 10.2. The molecule has 0 fully saturated rings. The molecule has 0 atom stereocenters. The van der Waals surface area contributed by atoms with E-state index < -0.39 is 11.3 Å². The lowest BCUT2D eigenvalue weighted by Crippen LogP contribution is -2.62. The Morgan fingerprint density at radius 2 is 1.50 bits per heavy atom. The van der Waals surface area contributed by atoms with Gasteiger partial charge in [-0.15, -0.1) is 0 Å². The second-order valence-electron chi connectivity index (χ2n) is 3.70. The third kappa shape index (κ3) is 1.68. The van der Waals surface area contributed by atoms with Crippen LogP contribution in [-0.2, 0) is 0 Å². The smallest absolute Gasteiger partial charge is 0.172 e. The fourth-order valence-corrected chi connectivity index (χ4v) is 0.462. The van der Waals surface area contributed by atoms with Crippen LogP contribution in [0.5, 0.6) is 0 Å². The Kier molecular flexibility index (Phi) is 2.46. The quantitative estimate of drug-likeness (QED) is 0.488. The zero-order valence-electron chi connectivity index (χ0n) is 7.18. The number of hydrogen-bond acceptors (Lipinski definition) is 3. The second kappa shape index (κ2) is 2.49. The van der Waals surface area contributed by atoms with Crippen molar-refractivity contribution in [1.29, 1.82) is 0 Å². The predicted octanol–water partition coefficient (Wildman–Crippen LogP) is 0.232. The minimum absolute atomic E-state index is 0.257. The van der Waals surface area contributed by atoms with E-state index >= 15 is 0 Å². The van der Waals surface area contributed by atoms with Crippen LogP contribution in [0.25, 0.3) is 0 Å². The summed E-state index contributed by atoms with van der Waals surface area (Å²) in [5.74, 6) is -1.33. The van der Waals surface area contributed by atoms with Gasteiger partial charge in [-0.2, -0.15) is 0 Å². The third-order valence-electron chi connectivity index (χ3n) is 2.48. The fraction of sp³-hybridized carbons (Fsp3) is 1.00. The van der Waals surface area contributed by atoms with Crippen LogP contribution in [0.2, 0.25) is 0 Å². The monoisotopic (exact) mass is 146 g/mol. The number of hydrogen-bond donors (Lipinski definition) is 3. The van der Waals surface area contributed by atoms with E-state index in [0.717, 1.165) is 0 Å². The maximum absolute atomic E-state index is 9.27. The van der Waals surface area contributed by atoms with E-state index in [1.165, 1.54) is 0 Å². The fourth-order valence-electron chi connectivity index (χ4n) is 0.462. The topological polar surface area (TPSA) is 72.3 Å². The van der Waals surface area contributed by atoms with Crippen LogP contribution in [0.15, 0.2) is 0 Å². The van der Waals surface area contributed by atoms with E-state index in [9.17, 15) is 5.11 Å². The van der Waals surface area contributed by atoms with E-state index in [4.69, 9.17) is 11.5 Å². The minimum atomic E-state index is -1.58. The van der Waals surface area contributed by atoms with E-state index in [1.54, 1.807) is 0 Å². The average molecular weight is 146 g/mol. The van der Waals surface area contributed by atoms with Gasteiger partial charge in [-0.3, -0.25) is 11.5 Å². The molecule has 0 aromatic rings. The molecule has 0 saturated carbocycles. The van der Waals surface area contributed by atoms with Crippen molar-refractivity contribution in [2.24, 2.45) is 22.8 Å². The van der Waals surface area contributed by atoms with Gasteiger partial charge in [0, 0.05) is 5.41 Å². The van der Waals surface area contributed by atoms with Crippen molar-refractivity contribution in [3.05, 3.63) is 0 Å². The lowest BCUT2D eigenvalue weighted by Gasteiger charge is -2.39. The average Bonchev–Trinajstić information content (AvgIpc) is 1.62. The number of aliphatic hydroxyl groups is 1. The molecule has 10 heavy (non-hydrogen) atoms. The summed E-state index contributed by atoms with van der Waals surface area (Å²) in [6.45, 7) is 7.64. The molecular weight excluding hydrogens is 128 g/mol. The maximum atomic E-state index is 9.27. The molecule has 0 amide bonds. The molecule has 3 heteroatoms. The Balaban J connectivity index is 4.40. The Bertz CT molecular complexity index is 113. The maximum Gasteiger partial charge on any atom is 0.172 e. The van der Waals surface area contributed by atoms with Crippen LogP contribution in [0.3, 0.4) is 0 Å². The minimum Gasteiger partial charge on any atom is -0.363 e. The molecule has 0 aliphatic carbocycles. The van der Waals surface area contributed by atoms with Crippen LogP contribution in [-0.4, -0.2) is 11.0 Å². The second-order valence-corrected chi connectivity index (χ2v) is 3.70. The van der Waals surface area contributed by atoms with Crippen LogP contribution in [0.4, 0.5) is 0 Å². The SMILES string of the molecule is CC(C)C(C)(C)C(N)(N)O. The summed E-state index contributed by atoms with van der Waals surface area (Å²) in [4.78, 5) is 0. The molecule has 0 unspecified atom stereocenters. The largest absolute Gasteiger partial charge is 0.363 e. The zero-order chi connectivity index (χ0) is 8.58. The molecular formula is C7H18N2O. The van der Waals surface area contributed by atoms with Gasteiger partial charge >= 0.3 is 0 Å². The highest BCUT2D eigenvalue weighted by molar-refractivity contribution is 4.85. The summed E-state index contributed by atoms with van der Waals surface area (Å²) in [6, 6.07) is 0. The molecule has 0 bridgehead atoms. The summed E-state index contributed by atoms with van der Waals surface area (Å²) in [7, 11) is 0. The van der Waals surface area contributed by atoms with Gasteiger partial charge in [-0.1, -0.05) is 27.7 Å². The van der Waals surface area contributed by atoms with E-state index in [1.807, 2.05) is 27.7 Å². The molecule has 0 radical (unpaired) electrons. The Hall–Kier alpha value is -0.120. The lowest BCUT2D eigenvalue weighted by atomic mass is 9.77. The van der Waals surface area contributed by atoms with Crippen LogP contribution in [0, 0.1) is 11.3 Å². The highest BCUT2D eigenvalue weighted by atomic mass is 16.3. The normalized spacial score (nSPS) is 14.4. The van der Waals surface area contributed by atoms with Gasteiger partial charge in [-0.05, 0) is 5.92 Å². The molecule has 0 aromatic heterocycles. The van der Waals surface area contributed by atoms with Crippen molar-refractivity contribution in [2.45, 2.75) is 33.5 Å². The molecule has 0 saturated heterocycles. The highest BCUT2D eigenvalue weighted by Gasteiger charge is 2.39. The third-order valence-corrected chi connectivity index (χ3v) is 2.48. The molecule has 0 rings (SSSR count). The first-order valence-electron chi connectivity index (χ1n) is 3.49. The van der Waals surface area contributed by atoms with Crippen molar-refractivity contribution in [1.82, 2.24) is 0 Å². The zero-order valence-corrected chi connectivity index (χ0v) is 7.18. The van der Waals surface area contributed by atoms with Gasteiger partial charge in [0.25, 0.3) is 0 Å². The standard InChI is InChI=1S/C7H18N2O/c1-5(2)6(3,4)7(8,9)10/h5,10H,8-9H2,1-4H3. The number of rotatable bonds is 2. The van der Waals surface area contributed by atoms with Gasteiger partial charge in [0.05, 0.1) is 0 Å². The molecule has 0 aliphatic rings. The highest BCUT2D eigenvalue weighted by Crippen LogP contribution is 2.31. The van der Waals surface area contributed by atoms with Crippen molar-refractivity contribution in [2.75, 3.05) is 0 Å². The van der Waals surface area contributed by atoms with Gasteiger partial charge in [-0.25, -0.2) is 0 Å². The van der Waals surface area contributed by atoms with Crippen molar-refractivity contribution in [3.8, 4) is 0 Å². The van der Waals surface area contributed by atoms with Crippen LogP contribution < -0.4 is 11.5 Å². The van der Waals surface area contributed by atoms with E-state index in [-0.39, 0.29) is 5.92 Å². The van der Waals surface area contributed by atoms with E-state index in [2.05, 4.69) is 0 Å². The van der Waals surface area contributed by atoms with Crippen molar-refractivity contribution in [3.63, 3.8) is 0 Å². The van der Waals surface area contributed by atoms with Crippen LogP contribution in [0.1, 0.15) is 27.7 Å². The lowest BCUT2D eigenvalue weighted by molar-refractivity contribution is -0.0809. The van der Waals surface area contributed by atoms with Gasteiger partial charge in [0.1, 0.15) is 0 Å². The Morgan fingerprint density at radius 1 is 1.20 bits per heavy atom. The van der Waals surface area contributed by atoms with Gasteiger partial charge < -0.3 is 5.11 Å². The molecule has 5 N–H and O–H groups in total. The van der Waals surface area contributed by atoms with Crippen LogP contribution >= 0.6 is 0 Å². The number of nitrogens with two attached hydrogens (primary N) is 2. The summed E-state index contributed by atoms with van der Waals surface area (Å²) in [5, 5.41) is 9.27. The predicted molar refractivity (Wildman–Crippen MR) is 41.9 cm³/mol. The Labute approximate surface area is 62.4 Å². The molecule has 0 aliphatic heterocycles. The molecule has 0 heterocycles. The first kappa shape index (κ1) is 9.88.